The quantitative estimate of drug-likeness (QED) is 0.527. The SMILES string of the molecule is CN(C)C1CNC(C(N)=O)C1. The second kappa shape index (κ2) is 3.19. The van der Waals surface area contributed by atoms with E-state index in [1.807, 2.05) is 14.1 Å². The van der Waals surface area contributed by atoms with E-state index in [0.29, 0.717) is 6.04 Å². The van der Waals surface area contributed by atoms with Gasteiger partial charge in [0.1, 0.15) is 0 Å². The Morgan fingerprint density at radius 1 is 1.64 bits per heavy atom. The molecule has 2 unspecified atom stereocenters. The highest BCUT2D eigenvalue weighted by atomic mass is 16.1. The van der Waals surface area contributed by atoms with Gasteiger partial charge in [0.15, 0.2) is 0 Å². The summed E-state index contributed by atoms with van der Waals surface area (Å²) in [4.78, 5) is 12.8. The topological polar surface area (TPSA) is 58.4 Å². The van der Waals surface area contributed by atoms with Crippen LogP contribution in [-0.2, 0) is 4.79 Å². The molecule has 1 heterocycles. The van der Waals surface area contributed by atoms with Crippen molar-refractivity contribution in [2.75, 3.05) is 20.6 Å². The van der Waals surface area contributed by atoms with Crippen LogP contribution < -0.4 is 11.1 Å². The average Bonchev–Trinajstić information content (AvgIpc) is 2.33. The summed E-state index contributed by atoms with van der Waals surface area (Å²) in [5, 5.41) is 3.07. The normalized spacial score (nSPS) is 31.2. The third kappa shape index (κ3) is 1.91. The zero-order valence-electron chi connectivity index (χ0n) is 7.00. The summed E-state index contributed by atoms with van der Waals surface area (Å²) in [6, 6.07) is 0.329. The average molecular weight is 157 g/mol. The van der Waals surface area contributed by atoms with Crippen molar-refractivity contribution in [3.8, 4) is 0 Å². The molecule has 1 amide bonds. The second-order valence-corrected chi connectivity index (χ2v) is 3.22. The summed E-state index contributed by atoms with van der Waals surface area (Å²) in [5.74, 6) is -0.241. The predicted octanol–water partition coefficient (Wildman–Crippen LogP) is -1.24. The van der Waals surface area contributed by atoms with Gasteiger partial charge in [-0.1, -0.05) is 0 Å². The van der Waals surface area contributed by atoms with Crippen molar-refractivity contribution < 1.29 is 4.79 Å². The molecule has 1 saturated heterocycles. The zero-order chi connectivity index (χ0) is 8.43. The van der Waals surface area contributed by atoms with Crippen LogP contribution in [0, 0.1) is 0 Å². The van der Waals surface area contributed by atoms with Crippen molar-refractivity contribution in [2.24, 2.45) is 5.73 Å². The van der Waals surface area contributed by atoms with Crippen LogP contribution in [0.3, 0.4) is 0 Å². The van der Waals surface area contributed by atoms with Gasteiger partial charge >= 0.3 is 0 Å². The summed E-state index contributed by atoms with van der Waals surface area (Å²) in [6.07, 6.45) is 0.836. The first-order chi connectivity index (χ1) is 5.11. The van der Waals surface area contributed by atoms with E-state index in [4.69, 9.17) is 5.73 Å². The number of likely N-dealkylation sites (N-methyl/N-ethyl adjacent to an activating group) is 1. The molecular weight excluding hydrogens is 142 g/mol. The Morgan fingerprint density at radius 2 is 2.27 bits per heavy atom. The molecule has 1 aliphatic heterocycles. The largest absolute Gasteiger partial charge is 0.368 e. The van der Waals surface area contributed by atoms with E-state index < -0.39 is 0 Å². The van der Waals surface area contributed by atoms with E-state index in [0.717, 1.165) is 13.0 Å². The van der Waals surface area contributed by atoms with Crippen molar-refractivity contribution in [2.45, 2.75) is 18.5 Å². The third-order valence-electron chi connectivity index (χ3n) is 2.18. The molecule has 0 saturated carbocycles. The highest BCUT2D eigenvalue weighted by Gasteiger charge is 2.28. The summed E-state index contributed by atoms with van der Waals surface area (Å²) in [6.45, 7) is 0.862. The van der Waals surface area contributed by atoms with Crippen LogP contribution in [0.25, 0.3) is 0 Å². The lowest BCUT2D eigenvalue weighted by Gasteiger charge is -2.16. The lowest BCUT2D eigenvalue weighted by molar-refractivity contribution is -0.119. The van der Waals surface area contributed by atoms with Gasteiger partial charge in [0.05, 0.1) is 6.04 Å². The molecule has 1 rings (SSSR count). The van der Waals surface area contributed by atoms with Crippen molar-refractivity contribution in [1.82, 2.24) is 10.2 Å². The minimum Gasteiger partial charge on any atom is -0.368 e. The Balaban J connectivity index is 2.41. The second-order valence-electron chi connectivity index (χ2n) is 3.22. The van der Waals surface area contributed by atoms with Gasteiger partial charge < -0.3 is 16.0 Å². The van der Waals surface area contributed by atoms with Crippen molar-refractivity contribution in [3.05, 3.63) is 0 Å². The standard InChI is InChI=1S/C7H15N3O/c1-10(2)5-3-6(7(8)11)9-4-5/h5-6,9H,3-4H2,1-2H3,(H2,8,11). The molecule has 0 aromatic carbocycles. The first kappa shape index (κ1) is 8.49. The van der Waals surface area contributed by atoms with E-state index in [1.165, 1.54) is 0 Å². The van der Waals surface area contributed by atoms with Gasteiger partial charge in [-0.05, 0) is 20.5 Å². The maximum Gasteiger partial charge on any atom is 0.234 e. The number of nitrogens with zero attached hydrogens (tertiary/aromatic N) is 1. The zero-order valence-corrected chi connectivity index (χ0v) is 7.00. The van der Waals surface area contributed by atoms with Crippen LogP contribution in [0.2, 0.25) is 0 Å². The Morgan fingerprint density at radius 3 is 2.55 bits per heavy atom. The highest BCUT2D eigenvalue weighted by molar-refractivity contribution is 5.80. The molecule has 3 N–H and O–H groups in total. The summed E-state index contributed by atoms with van der Waals surface area (Å²) in [5.41, 5.74) is 5.14. The molecule has 2 atom stereocenters. The fourth-order valence-electron chi connectivity index (χ4n) is 1.33. The molecule has 4 heteroatoms. The number of nitrogens with one attached hydrogen (secondary N) is 1. The van der Waals surface area contributed by atoms with Gasteiger partial charge in [-0.2, -0.15) is 0 Å². The van der Waals surface area contributed by atoms with Crippen LogP contribution in [0.1, 0.15) is 6.42 Å². The molecule has 0 radical (unpaired) electrons. The molecule has 11 heavy (non-hydrogen) atoms. The molecule has 0 aliphatic carbocycles. The van der Waals surface area contributed by atoms with Crippen molar-refractivity contribution >= 4 is 5.91 Å². The van der Waals surface area contributed by atoms with Crippen molar-refractivity contribution in [1.29, 1.82) is 0 Å². The number of rotatable bonds is 2. The molecule has 1 fully saturated rings. The van der Waals surface area contributed by atoms with Crippen LogP contribution in [-0.4, -0.2) is 43.5 Å². The maximum atomic E-state index is 10.7. The summed E-state index contributed by atoms with van der Waals surface area (Å²) < 4.78 is 0. The lowest BCUT2D eigenvalue weighted by Crippen LogP contribution is -2.36. The van der Waals surface area contributed by atoms with Gasteiger partial charge in [-0.3, -0.25) is 4.79 Å². The van der Waals surface area contributed by atoms with Gasteiger partial charge in [-0.15, -0.1) is 0 Å². The van der Waals surface area contributed by atoms with Crippen LogP contribution >= 0.6 is 0 Å². The Hall–Kier alpha value is -0.610. The number of carbonyl (C=O) groups is 1. The van der Waals surface area contributed by atoms with E-state index in [2.05, 4.69) is 10.2 Å². The number of hydrogen-bond acceptors (Lipinski definition) is 3. The smallest absolute Gasteiger partial charge is 0.234 e. The first-order valence-corrected chi connectivity index (χ1v) is 3.80. The number of carbonyl (C=O) groups excluding carboxylic acids is 1. The number of hydrogen-bond donors (Lipinski definition) is 2. The molecule has 0 bridgehead atoms. The first-order valence-electron chi connectivity index (χ1n) is 3.80. The maximum absolute atomic E-state index is 10.7. The monoisotopic (exact) mass is 157 g/mol. The molecule has 0 aromatic rings. The van der Waals surface area contributed by atoms with Gasteiger partial charge in [-0.25, -0.2) is 0 Å². The van der Waals surface area contributed by atoms with E-state index in [-0.39, 0.29) is 11.9 Å². The summed E-state index contributed by atoms with van der Waals surface area (Å²) >= 11 is 0. The minimum absolute atomic E-state index is 0.123. The molecule has 1 aliphatic rings. The number of primary amides is 1. The molecule has 0 spiro atoms. The number of amides is 1. The lowest BCUT2D eigenvalue weighted by atomic mass is 10.1. The number of nitrogens with two attached hydrogens (primary N) is 1. The predicted molar refractivity (Wildman–Crippen MR) is 43.1 cm³/mol. The Bertz CT molecular complexity index is 158. The molecule has 64 valence electrons. The van der Waals surface area contributed by atoms with Crippen LogP contribution in [0.4, 0.5) is 0 Å². The molecular formula is C7H15N3O. The van der Waals surface area contributed by atoms with Crippen molar-refractivity contribution in [3.63, 3.8) is 0 Å². The van der Waals surface area contributed by atoms with Gasteiger partial charge in [0.25, 0.3) is 0 Å². The molecule has 0 aromatic heterocycles. The third-order valence-corrected chi connectivity index (χ3v) is 2.18. The van der Waals surface area contributed by atoms with Crippen LogP contribution in [0.5, 0.6) is 0 Å². The minimum atomic E-state index is -0.241. The van der Waals surface area contributed by atoms with E-state index >= 15 is 0 Å². The van der Waals surface area contributed by atoms with Gasteiger partial charge in [0.2, 0.25) is 5.91 Å². The fraction of sp³-hybridized carbons (Fsp3) is 0.857. The van der Waals surface area contributed by atoms with E-state index in [1.54, 1.807) is 0 Å². The van der Waals surface area contributed by atoms with E-state index in [9.17, 15) is 4.79 Å². The van der Waals surface area contributed by atoms with Crippen LogP contribution in [0.15, 0.2) is 0 Å². The fourth-order valence-corrected chi connectivity index (χ4v) is 1.33. The Kier molecular flexibility index (Phi) is 2.46. The summed E-state index contributed by atoms with van der Waals surface area (Å²) in [7, 11) is 4.02. The Labute approximate surface area is 66.7 Å². The van der Waals surface area contributed by atoms with Gasteiger partial charge in [0, 0.05) is 12.6 Å². The molecule has 4 nitrogen and oxygen atoms in total. The highest BCUT2D eigenvalue weighted by Crippen LogP contribution is 2.09.